The number of methoxy groups -OCH3 is 1. The molecule has 30 heavy (non-hydrogen) atoms. The maximum Gasteiger partial charge on any atom is 0.336 e. The van der Waals surface area contributed by atoms with Crippen molar-refractivity contribution in [2.75, 3.05) is 39.8 Å². The van der Waals surface area contributed by atoms with Crippen LogP contribution in [0.3, 0.4) is 0 Å². The van der Waals surface area contributed by atoms with Crippen LogP contribution in [-0.2, 0) is 20.7 Å². The maximum absolute atomic E-state index is 12.9. The highest BCUT2D eigenvalue weighted by Crippen LogP contribution is 2.31. The Morgan fingerprint density at radius 1 is 1.17 bits per heavy atom. The number of benzene rings is 1. The van der Waals surface area contributed by atoms with Gasteiger partial charge in [0, 0.05) is 32.2 Å². The first-order valence-corrected chi connectivity index (χ1v) is 10.1. The Bertz CT molecular complexity index is 991. The molecule has 1 saturated heterocycles. The average Bonchev–Trinajstić information content (AvgIpc) is 2.72. The van der Waals surface area contributed by atoms with E-state index in [1.807, 2.05) is 24.8 Å². The molecule has 1 atom stereocenters. The lowest BCUT2D eigenvalue weighted by Gasteiger charge is -2.35. The van der Waals surface area contributed by atoms with Crippen molar-refractivity contribution >= 4 is 22.8 Å². The Kier molecular flexibility index (Phi) is 6.77. The standard InChI is InChI=1S/C22H28N2O6/c1-5-16-12-19(25)30-18-11-14(2)10-17(21(16)18)29-15(3)22(27)24-8-6-23(7-9-24)13-20(26)28-4/h10-12,15H,5-9,13H2,1-4H3. The summed E-state index contributed by atoms with van der Waals surface area (Å²) in [5.41, 5.74) is 1.77. The summed E-state index contributed by atoms with van der Waals surface area (Å²) in [4.78, 5) is 39.9. The van der Waals surface area contributed by atoms with E-state index in [2.05, 4.69) is 0 Å². The minimum absolute atomic E-state index is 0.113. The van der Waals surface area contributed by atoms with Crippen LogP contribution >= 0.6 is 0 Å². The number of hydrogen-bond donors (Lipinski definition) is 0. The van der Waals surface area contributed by atoms with Crippen LogP contribution in [0.4, 0.5) is 0 Å². The summed E-state index contributed by atoms with van der Waals surface area (Å²) in [7, 11) is 1.37. The lowest BCUT2D eigenvalue weighted by atomic mass is 10.0. The van der Waals surface area contributed by atoms with Gasteiger partial charge in [-0.25, -0.2) is 4.79 Å². The van der Waals surface area contributed by atoms with E-state index in [-0.39, 0.29) is 18.4 Å². The minimum atomic E-state index is -0.696. The van der Waals surface area contributed by atoms with E-state index in [4.69, 9.17) is 13.9 Å². The lowest BCUT2D eigenvalue weighted by Crippen LogP contribution is -2.52. The van der Waals surface area contributed by atoms with Crippen molar-refractivity contribution in [2.45, 2.75) is 33.3 Å². The van der Waals surface area contributed by atoms with Gasteiger partial charge in [0.2, 0.25) is 0 Å². The fourth-order valence-electron chi connectivity index (χ4n) is 3.71. The molecule has 0 N–H and O–H groups in total. The summed E-state index contributed by atoms with van der Waals surface area (Å²) in [5.74, 6) is 0.143. The second-order valence-electron chi connectivity index (χ2n) is 7.52. The molecule has 0 aliphatic carbocycles. The fourth-order valence-corrected chi connectivity index (χ4v) is 3.71. The van der Waals surface area contributed by atoms with E-state index in [0.717, 1.165) is 16.5 Å². The van der Waals surface area contributed by atoms with Crippen LogP contribution in [0.25, 0.3) is 11.0 Å². The third-order valence-electron chi connectivity index (χ3n) is 5.33. The van der Waals surface area contributed by atoms with Crippen LogP contribution in [0.5, 0.6) is 5.75 Å². The Balaban J connectivity index is 1.74. The molecule has 1 aliphatic heterocycles. The molecule has 0 saturated carbocycles. The summed E-state index contributed by atoms with van der Waals surface area (Å²) >= 11 is 0. The van der Waals surface area contributed by atoms with Gasteiger partial charge in [0.05, 0.1) is 19.0 Å². The third-order valence-corrected chi connectivity index (χ3v) is 5.33. The molecular formula is C22H28N2O6. The van der Waals surface area contributed by atoms with Crippen molar-refractivity contribution in [3.63, 3.8) is 0 Å². The monoisotopic (exact) mass is 416 g/mol. The smallest absolute Gasteiger partial charge is 0.336 e. The van der Waals surface area contributed by atoms with E-state index < -0.39 is 11.7 Å². The van der Waals surface area contributed by atoms with Gasteiger partial charge in [0.25, 0.3) is 5.91 Å². The van der Waals surface area contributed by atoms with Crippen LogP contribution < -0.4 is 10.4 Å². The zero-order chi connectivity index (χ0) is 21.8. The maximum atomic E-state index is 12.9. The molecule has 1 aliphatic rings. The minimum Gasteiger partial charge on any atom is -0.480 e. The molecule has 1 amide bonds. The number of rotatable bonds is 6. The van der Waals surface area contributed by atoms with Gasteiger partial charge >= 0.3 is 11.6 Å². The zero-order valence-corrected chi connectivity index (χ0v) is 17.9. The Morgan fingerprint density at radius 3 is 2.50 bits per heavy atom. The highest BCUT2D eigenvalue weighted by molar-refractivity contribution is 5.88. The van der Waals surface area contributed by atoms with Gasteiger partial charge in [-0.05, 0) is 43.5 Å². The third kappa shape index (κ3) is 4.81. The first-order chi connectivity index (χ1) is 14.3. The molecule has 1 aromatic carbocycles. The molecule has 1 unspecified atom stereocenters. The van der Waals surface area contributed by atoms with E-state index in [9.17, 15) is 14.4 Å². The second-order valence-corrected chi connectivity index (χ2v) is 7.52. The zero-order valence-electron chi connectivity index (χ0n) is 17.9. The van der Waals surface area contributed by atoms with Crippen molar-refractivity contribution in [2.24, 2.45) is 0 Å². The average molecular weight is 416 g/mol. The number of carbonyl (C=O) groups is 2. The predicted octanol–water partition coefficient (Wildman–Crippen LogP) is 1.75. The van der Waals surface area contributed by atoms with Crippen molar-refractivity contribution < 1.29 is 23.5 Å². The molecule has 0 spiro atoms. The molecule has 162 valence electrons. The summed E-state index contributed by atoms with van der Waals surface area (Å²) in [5, 5.41) is 0.727. The van der Waals surface area contributed by atoms with Crippen LogP contribution in [0.15, 0.2) is 27.4 Å². The molecule has 0 radical (unpaired) electrons. The molecule has 2 heterocycles. The number of aryl methyl sites for hydroxylation is 2. The first-order valence-electron chi connectivity index (χ1n) is 10.1. The molecule has 1 aromatic heterocycles. The number of fused-ring (bicyclic) bond motifs is 1. The van der Waals surface area contributed by atoms with E-state index in [0.29, 0.717) is 43.9 Å². The van der Waals surface area contributed by atoms with Gasteiger partial charge in [-0.2, -0.15) is 0 Å². The predicted molar refractivity (Wildman–Crippen MR) is 112 cm³/mol. The summed E-state index contributed by atoms with van der Waals surface area (Å²) in [6, 6.07) is 5.13. The number of ether oxygens (including phenoxy) is 2. The lowest BCUT2D eigenvalue weighted by molar-refractivity contribution is -0.143. The number of piperazine rings is 1. The Morgan fingerprint density at radius 2 is 1.87 bits per heavy atom. The quantitative estimate of drug-likeness (QED) is 0.523. The molecular weight excluding hydrogens is 388 g/mol. The molecule has 3 rings (SSSR count). The van der Waals surface area contributed by atoms with Gasteiger partial charge in [-0.1, -0.05) is 6.92 Å². The number of nitrogens with zero attached hydrogens (tertiary/aromatic N) is 2. The van der Waals surface area contributed by atoms with Crippen LogP contribution in [-0.4, -0.2) is 67.6 Å². The molecule has 8 nitrogen and oxygen atoms in total. The van der Waals surface area contributed by atoms with Crippen molar-refractivity contribution in [3.8, 4) is 5.75 Å². The first kappa shape index (κ1) is 21.8. The molecule has 8 heteroatoms. The van der Waals surface area contributed by atoms with Crippen molar-refractivity contribution in [1.29, 1.82) is 0 Å². The second kappa shape index (κ2) is 9.30. The molecule has 0 bridgehead atoms. The number of carbonyl (C=O) groups excluding carboxylic acids is 2. The highest BCUT2D eigenvalue weighted by Gasteiger charge is 2.27. The Labute approximate surface area is 175 Å². The topological polar surface area (TPSA) is 89.3 Å². The van der Waals surface area contributed by atoms with Crippen molar-refractivity contribution in [3.05, 3.63) is 39.7 Å². The van der Waals surface area contributed by atoms with Gasteiger partial charge < -0.3 is 18.8 Å². The van der Waals surface area contributed by atoms with E-state index in [1.165, 1.54) is 13.2 Å². The van der Waals surface area contributed by atoms with Gasteiger partial charge in [0.15, 0.2) is 6.10 Å². The van der Waals surface area contributed by atoms with E-state index in [1.54, 1.807) is 17.9 Å². The van der Waals surface area contributed by atoms with E-state index >= 15 is 0 Å². The number of esters is 1. The normalized spacial score (nSPS) is 15.8. The Hall–Kier alpha value is -2.87. The molecule has 2 aromatic rings. The SMILES string of the molecule is CCc1cc(=O)oc2cc(C)cc(OC(C)C(=O)N3CCN(CC(=O)OC)CC3)c12. The van der Waals surface area contributed by atoms with Crippen LogP contribution in [0.2, 0.25) is 0 Å². The summed E-state index contributed by atoms with van der Waals surface area (Å²) in [6.07, 6.45) is -0.0507. The summed E-state index contributed by atoms with van der Waals surface area (Å²) < 4.78 is 16.1. The largest absolute Gasteiger partial charge is 0.480 e. The van der Waals surface area contributed by atoms with Gasteiger partial charge in [-0.3, -0.25) is 14.5 Å². The summed E-state index contributed by atoms with van der Waals surface area (Å²) in [6.45, 7) is 8.05. The van der Waals surface area contributed by atoms with Gasteiger partial charge in [0.1, 0.15) is 11.3 Å². The number of hydrogen-bond acceptors (Lipinski definition) is 7. The highest BCUT2D eigenvalue weighted by atomic mass is 16.5. The van der Waals surface area contributed by atoms with Gasteiger partial charge in [-0.15, -0.1) is 0 Å². The van der Waals surface area contributed by atoms with Crippen LogP contribution in [0.1, 0.15) is 25.0 Å². The number of amides is 1. The molecule has 1 fully saturated rings. The van der Waals surface area contributed by atoms with Crippen molar-refractivity contribution in [1.82, 2.24) is 9.80 Å². The van der Waals surface area contributed by atoms with Crippen LogP contribution in [0, 0.1) is 6.92 Å². The fraction of sp³-hybridized carbons (Fsp3) is 0.500.